The predicted octanol–water partition coefficient (Wildman–Crippen LogP) is 5.60. The van der Waals surface area contributed by atoms with Crippen LogP contribution in [0.1, 0.15) is 99.0 Å². The lowest BCUT2D eigenvalue weighted by molar-refractivity contribution is -0.139. The fourth-order valence-electron chi connectivity index (χ4n) is 3.59. The van der Waals surface area contributed by atoms with Crippen molar-refractivity contribution in [3.05, 3.63) is 23.8 Å². The molecule has 0 radical (unpaired) electrons. The van der Waals surface area contributed by atoms with Gasteiger partial charge in [0.2, 0.25) is 0 Å². The van der Waals surface area contributed by atoms with Crippen LogP contribution in [0.4, 0.5) is 4.79 Å². The zero-order valence-electron chi connectivity index (χ0n) is 24.4. The molecule has 0 aliphatic rings. The molecule has 0 aromatic heterocycles. The van der Waals surface area contributed by atoms with Gasteiger partial charge in [0, 0.05) is 18.8 Å². The van der Waals surface area contributed by atoms with Crippen molar-refractivity contribution in [2.24, 2.45) is 17.6 Å². The maximum atomic E-state index is 12.6. The number of carboxylic acids is 1. The number of carbonyl (C=O) groups is 4. The third-order valence-electron chi connectivity index (χ3n) is 5.69. The molecule has 39 heavy (non-hydrogen) atoms. The van der Waals surface area contributed by atoms with E-state index in [-0.39, 0.29) is 36.7 Å². The molecule has 0 amide bonds. The molecule has 0 fully saturated rings. The summed E-state index contributed by atoms with van der Waals surface area (Å²) >= 11 is 0. The van der Waals surface area contributed by atoms with Crippen molar-refractivity contribution in [3.8, 4) is 11.5 Å². The Morgan fingerprint density at radius 1 is 0.872 bits per heavy atom. The van der Waals surface area contributed by atoms with Gasteiger partial charge in [-0.05, 0) is 76.5 Å². The van der Waals surface area contributed by atoms with Gasteiger partial charge >= 0.3 is 24.1 Å². The molecule has 1 aromatic carbocycles. The Labute approximate surface area is 231 Å². The molecule has 0 saturated heterocycles. The lowest BCUT2D eigenvalue weighted by Gasteiger charge is -2.26. The lowest BCUT2D eigenvalue weighted by atomic mass is 9.87. The summed E-state index contributed by atoms with van der Waals surface area (Å²) in [5.41, 5.74) is 5.68. The molecule has 1 rings (SSSR count). The van der Waals surface area contributed by atoms with Crippen LogP contribution >= 0.6 is 0 Å². The van der Waals surface area contributed by atoms with E-state index in [0.29, 0.717) is 24.3 Å². The van der Waals surface area contributed by atoms with Gasteiger partial charge in [-0.1, -0.05) is 33.8 Å². The first-order chi connectivity index (χ1) is 18.0. The van der Waals surface area contributed by atoms with Crippen LogP contribution in [0, 0.1) is 11.8 Å². The monoisotopic (exact) mass is 551 g/mol. The zero-order valence-corrected chi connectivity index (χ0v) is 24.4. The predicted molar refractivity (Wildman–Crippen MR) is 146 cm³/mol. The van der Waals surface area contributed by atoms with Crippen LogP contribution in [0.5, 0.6) is 11.5 Å². The quantitative estimate of drug-likeness (QED) is 0.221. The standard InChI is InChI=1S/C29H45NO9/c1-17(2)9-13-24(31)37-22-12-11-20(16-23(22)38-25(32)14-10-18(3)4)21(26(30)27(33)34)15-19(5)36-28(35)39-29(6,7)8/h11-12,16-19,21,26H,9-10,13-15,30H2,1-8H3,(H,33,34)/t19?,21?,26-/m0/s1. The van der Waals surface area contributed by atoms with Gasteiger partial charge in [0.05, 0.1) is 0 Å². The van der Waals surface area contributed by atoms with Gasteiger partial charge in [-0.25, -0.2) is 4.79 Å². The summed E-state index contributed by atoms with van der Waals surface area (Å²) in [5, 5.41) is 9.66. The van der Waals surface area contributed by atoms with Crippen LogP contribution in [0.25, 0.3) is 0 Å². The Balaban J connectivity index is 3.30. The van der Waals surface area contributed by atoms with Crippen LogP contribution in [-0.4, -0.2) is 46.9 Å². The molecular formula is C29H45NO9. The van der Waals surface area contributed by atoms with E-state index < -0.39 is 47.7 Å². The molecule has 3 N–H and O–H groups in total. The second kappa shape index (κ2) is 15.5. The number of aliphatic carboxylic acids is 1. The third kappa shape index (κ3) is 13.5. The average Bonchev–Trinajstić information content (AvgIpc) is 2.79. The molecule has 0 saturated carbocycles. The highest BCUT2D eigenvalue weighted by Gasteiger charge is 2.31. The molecule has 10 heteroatoms. The topological polar surface area (TPSA) is 151 Å². The van der Waals surface area contributed by atoms with Crippen LogP contribution in [0.2, 0.25) is 0 Å². The number of hydrogen-bond acceptors (Lipinski definition) is 9. The van der Waals surface area contributed by atoms with Crippen LogP contribution < -0.4 is 15.2 Å². The Bertz CT molecular complexity index is 981. The molecule has 0 heterocycles. The van der Waals surface area contributed by atoms with E-state index in [2.05, 4.69) is 0 Å². The first-order valence-electron chi connectivity index (χ1n) is 13.4. The van der Waals surface area contributed by atoms with Crippen molar-refractivity contribution < 1.29 is 43.2 Å². The Hall–Kier alpha value is -3.14. The average molecular weight is 552 g/mol. The van der Waals surface area contributed by atoms with Gasteiger partial charge in [0.1, 0.15) is 17.7 Å². The number of esters is 2. The number of carbonyl (C=O) groups excluding carboxylic acids is 3. The maximum Gasteiger partial charge on any atom is 0.509 e. The summed E-state index contributed by atoms with van der Waals surface area (Å²) in [6, 6.07) is 3.10. The van der Waals surface area contributed by atoms with E-state index in [1.807, 2.05) is 27.7 Å². The minimum absolute atomic E-state index is 0.0116. The molecule has 220 valence electrons. The third-order valence-corrected chi connectivity index (χ3v) is 5.69. The highest BCUT2D eigenvalue weighted by Crippen LogP contribution is 2.35. The van der Waals surface area contributed by atoms with Crippen molar-refractivity contribution in [1.82, 2.24) is 0 Å². The first-order valence-corrected chi connectivity index (χ1v) is 13.4. The SMILES string of the molecule is CC(C)CCC(=O)Oc1ccc(C(CC(C)OC(=O)OC(C)(C)C)[C@H](N)C(=O)O)cc1OC(=O)CCC(C)C. The summed E-state index contributed by atoms with van der Waals surface area (Å²) in [4.78, 5) is 48.9. The second-order valence-corrected chi connectivity index (χ2v) is 11.6. The Morgan fingerprint density at radius 3 is 1.85 bits per heavy atom. The fraction of sp³-hybridized carbons (Fsp3) is 0.655. The number of hydrogen-bond donors (Lipinski definition) is 2. The van der Waals surface area contributed by atoms with Gasteiger partial charge in [-0.2, -0.15) is 0 Å². The fourth-order valence-corrected chi connectivity index (χ4v) is 3.59. The Morgan fingerprint density at radius 2 is 1.38 bits per heavy atom. The van der Waals surface area contributed by atoms with Gasteiger partial charge in [-0.15, -0.1) is 0 Å². The summed E-state index contributed by atoms with van der Waals surface area (Å²) in [6.07, 6.45) is -0.0179. The normalized spacial score (nSPS) is 13.9. The van der Waals surface area contributed by atoms with Crippen molar-refractivity contribution in [3.63, 3.8) is 0 Å². The first kappa shape index (κ1) is 33.9. The van der Waals surface area contributed by atoms with Gasteiger partial charge < -0.3 is 29.8 Å². The smallest absolute Gasteiger partial charge is 0.480 e. The Kier molecular flexibility index (Phi) is 13.4. The van der Waals surface area contributed by atoms with E-state index in [1.165, 1.54) is 12.1 Å². The largest absolute Gasteiger partial charge is 0.509 e. The van der Waals surface area contributed by atoms with Crippen molar-refractivity contribution in [2.75, 3.05) is 0 Å². The molecular weight excluding hydrogens is 506 g/mol. The molecule has 0 aliphatic heterocycles. The van der Waals surface area contributed by atoms with Crippen LogP contribution in [0.15, 0.2) is 18.2 Å². The summed E-state index contributed by atoms with van der Waals surface area (Å²) in [7, 11) is 0. The molecule has 2 unspecified atom stereocenters. The highest BCUT2D eigenvalue weighted by molar-refractivity contribution is 5.77. The summed E-state index contributed by atoms with van der Waals surface area (Å²) in [5.74, 6) is -2.47. The summed E-state index contributed by atoms with van der Waals surface area (Å²) < 4.78 is 21.6. The van der Waals surface area contributed by atoms with E-state index >= 15 is 0 Å². The van der Waals surface area contributed by atoms with E-state index in [4.69, 9.17) is 24.7 Å². The van der Waals surface area contributed by atoms with E-state index in [1.54, 1.807) is 33.8 Å². The van der Waals surface area contributed by atoms with Gasteiger partial charge in [0.25, 0.3) is 0 Å². The van der Waals surface area contributed by atoms with Crippen LogP contribution in [-0.2, 0) is 23.9 Å². The summed E-state index contributed by atoms with van der Waals surface area (Å²) in [6.45, 7) is 14.6. The molecule has 0 bridgehead atoms. The van der Waals surface area contributed by atoms with E-state index in [0.717, 1.165) is 0 Å². The van der Waals surface area contributed by atoms with Crippen molar-refractivity contribution >= 4 is 24.1 Å². The van der Waals surface area contributed by atoms with Crippen LogP contribution in [0.3, 0.4) is 0 Å². The number of benzene rings is 1. The van der Waals surface area contributed by atoms with Crippen molar-refractivity contribution in [1.29, 1.82) is 0 Å². The zero-order chi connectivity index (χ0) is 29.9. The second-order valence-electron chi connectivity index (χ2n) is 11.6. The molecule has 3 atom stereocenters. The molecule has 0 aliphatic carbocycles. The van der Waals surface area contributed by atoms with E-state index in [9.17, 15) is 24.3 Å². The van der Waals surface area contributed by atoms with Crippen molar-refractivity contribution in [2.45, 2.75) is 111 Å². The number of nitrogens with two attached hydrogens (primary N) is 1. The van der Waals surface area contributed by atoms with Gasteiger partial charge in [0.15, 0.2) is 11.5 Å². The minimum atomic E-state index is -1.36. The number of rotatable bonds is 14. The number of ether oxygens (including phenoxy) is 4. The lowest BCUT2D eigenvalue weighted by Crippen LogP contribution is -2.38. The maximum absolute atomic E-state index is 12.6. The minimum Gasteiger partial charge on any atom is -0.480 e. The van der Waals surface area contributed by atoms with Gasteiger partial charge in [-0.3, -0.25) is 14.4 Å². The molecule has 0 spiro atoms. The molecule has 1 aromatic rings. The number of carboxylic acid groups (broad SMARTS) is 1. The molecule has 10 nitrogen and oxygen atoms in total. The highest BCUT2D eigenvalue weighted by atomic mass is 16.7.